The highest BCUT2D eigenvalue weighted by Crippen LogP contribution is 2.25. The predicted molar refractivity (Wildman–Crippen MR) is 97.8 cm³/mol. The number of ether oxygens (including phenoxy) is 1. The number of hydrogen-bond donors (Lipinski definition) is 2. The molecule has 0 bridgehead atoms. The fraction of sp³-hybridized carbons (Fsp3) is 0.444. The van der Waals surface area contributed by atoms with Crippen LogP contribution >= 0.6 is 0 Å². The first-order valence-corrected chi connectivity index (χ1v) is 10.3. The van der Waals surface area contributed by atoms with Crippen molar-refractivity contribution in [2.75, 3.05) is 13.2 Å². The van der Waals surface area contributed by atoms with Gasteiger partial charge in [0.15, 0.2) is 0 Å². The summed E-state index contributed by atoms with van der Waals surface area (Å²) in [5.41, 5.74) is 1.46. The Hall–Kier alpha value is -2.23. The predicted octanol–water partition coefficient (Wildman–Crippen LogP) is 2.04. The number of hydrogen-bond acceptors (Lipinski definition) is 5. The van der Waals surface area contributed by atoms with Crippen molar-refractivity contribution in [1.82, 2.24) is 14.5 Å². The van der Waals surface area contributed by atoms with Gasteiger partial charge >= 0.3 is 5.97 Å². The molecule has 0 spiro atoms. The van der Waals surface area contributed by atoms with Crippen molar-refractivity contribution >= 4 is 16.0 Å². The highest BCUT2D eigenvalue weighted by Gasteiger charge is 2.27. The van der Waals surface area contributed by atoms with E-state index in [4.69, 9.17) is 4.74 Å². The number of benzene rings is 1. The van der Waals surface area contributed by atoms with Gasteiger partial charge in [-0.25, -0.2) is 13.1 Å². The van der Waals surface area contributed by atoms with Crippen LogP contribution in [-0.4, -0.2) is 42.5 Å². The van der Waals surface area contributed by atoms with Crippen LogP contribution in [0.25, 0.3) is 0 Å². The average molecular weight is 393 g/mol. The number of sulfonamides is 1. The Morgan fingerprint density at radius 2 is 2.07 bits per heavy atom. The fourth-order valence-corrected chi connectivity index (χ4v) is 4.39. The summed E-state index contributed by atoms with van der Waals surface area (Å²) in [5, 5.41) is 13.4. The van der Waals surface area contributed by atoms with Gasteiger partial charge in [-0.3, -0.25) is 9.48 Å². The molecule has 1 aliphatic rings. The normalized spacial score (nSPS) is 16.9. The third-order valence-corrected chi connectivity index (χ3v) is 6.12. The molecule has 0 saturated carbocycles. The lowest BCUT2D eigenvalue weighted by Gasteiger charge is -2.22. The monoisotopic (exact) mass is 393 g/mol. The molecule has 1 unspecified atom stereocenters. The molecule has 0 radical (unpaired) electrons. The first-order valence-electron chi connectivity index (χ1n) is 8.78. The minimum Gasteiger partial charge on any atom is -0.481 e. The van der Waals surface area contributed by atoms with Crippen LogP contribution in [0.4, 0.5) is 0 Å². The maximum Gasteiger partial charge on any atom is 0.305 e. The number of carboxylic acid groups (broad SMARTS) is 1. The summed E-state index contributed by atoms with van der Waals surface area (Å²) < 4.78 is 35.1. The molecule has 1 aromatic heterocycles. The van der Waals surface area contributed by atoms with Crippen molar-refractivity contribution in [1.29, 1.82) is 0 Å². The Bertz CT molecular complexity index is 903. The van der Waals surface area contributed by atoms with Crippen LogP contribution in [0.15, 0.2) is 41.6 Å². The van der Waals surface area contributed by atoms with Gasteiger partial charge in [0, 0.05) is 19.4 Å². The third-order valence-electron chi connectivity index (χ3n) is 4.69. The quantitative estimate of drug-likeness (QED) is 0.745. The summed E-state index contributed by atoms with van der Waals surface area (Å²) in [6, 6.07) is 6.38. The van der Waals surface area contributed by atoms with Gasteiger partial charge in [0.2, 0.25) is 10.0 Å². The molecule has 0 aliphatic carbocycles. The number of carbonyl (C=O) groups is 1. The molecular formula is C18H23N3O5S. The zero-order valence-corrected chi connectivity index (χ0v) is 15.9. The minimum atomic E-state index is -3.92. The number of nitrogens with one attached hydrogen (secondary N) is 1. The highest BCUT2D eigenvalue weighted by atomic mass is 32.2. The van der Waals surface area contributed by atoms with Crippen molar-refractivity contribution in [3.05, 3.63) is 47.8 Å². The summed E-state index contributed by atoms with van der Waals surface area (Å²) in [7, 11) is -3.92. The Morgan fingerprint density at radius 3 is 2.74 bits per heavy atom. The van der Waals surface area contributed by atoms with Crippen molar-refractivity contribution in [3.8, 4) is 0 Å². The number of carboxylic acids is 1. The Morgan fingerprint density at radius 1 is 1.37 bits per heavy atom. The highest BCUT2D eigenvalue weighted by molar-refractivity contribution is 7.89. The van der Waals surface area contributed by atoms with Gasteiger partial charge in [-0.1, -0.05) is 24.3 Å². The van der Waals surface area contributed by atoms with Crippen molar-refractivity contribution in [2.45, 2.75) is 43.2 Å². The lowest BCUT2D eigenvalue weighted by atomic mass is 10.00. The maximum atomic E-state index is 12.8. The summed E-state index contributed by atoms with van der Waals surface area (Å²) in [6.07, 6.45) is 4.00. The average Bonchev–Trinajstić information content (AvgIpc) is 3.13. The zero-order valence-electron chi connectivity index (χ0n) is 15.0. The van der Waals surface area contributed by atoms with E-state index >= 15 is 0 Å². The summed E-state index contributed by atoms with van der Waals surface area (Å²) in [5.74, 6) is -1.08. The second-order valence-corrected chi connectivity index (χ2v) is 8.34. The molecule has 1 aromatic carbocycles. The summed E-state index contributed by atoms with van der Waals surface area (Å²) in [6.45, 7) is 3.07. The third kappa shape index (κ3) is 4.74. The van der Waals surface area contributed by atoms with Gasteiger partial charge in [0.05, 0.1) is 24.7 Å². The Balaban J connectivity index is 1.83. The van der Waals surface area contributed by atoms with E-state index in [0.717, 1.165) is 18.4 Å². The van der Waals surface area contributed by atoms with E-state index in [1.165, 1.54) is 12.4 Å². The maximum absolute atomic E-state index is 12.8. The standard InChI is InChI=1S/C18H23N3O5S/c1-13-4-2-3-5-16(13)17(10-18(22)23)20-27(24,25)15-11-19-21(12-15)14-6-8-26-9-7-14/h2-5,11-12,14,17,20H,6-10H2,1H3,(H,22,23). The molecule has 27 heavy (non-hydrogen) atoms. The molecule has 146 valence electrons. The molecule has 2 aromatic rings. The molecule has 1 saturated heterocycles. The smallest absolute Gasteiger partial charge is 0.305 e. The molecule has 1 aliphatic heterocycles. The first-order chi connectivity index (χ1) is 12.9. The fourth-order valence-electron chi connectivity index (χ4n) is 3.23. The van der Waals surface area contributed by atoms with Crippen LogP contribution in [0.2, 0.25) is 0 Å². The topological polar surface area (TPSA) is 111 Å². The molecule has 9 heteroatoms. The summed E-state index contributed by atoms with van der Waals surface area (Å²) >= 11 is 0. The number of aryl methyl sites for hydroxylation is 1. The molecular weight excluding hydrogens is 370 g/mol. The van der Waals surface area contributed by atoms with Crippen LogP contribution in [-0.2, 0) is 19.6 Å². The minimum absolute atomic E-state index is 0.0259. The molecule has 1 atom stereocenters. The van der Waals surface area contributed by atoms with Gasteiger partial charge in [-0.2, -0.15) is 5.10 Å². The molecule has 0 amide bonds. The van der Waals surface area contributed by atoms with Crippen LogP contribution in [0.5, 0.6) is 0 Å². The lowest BCUT2D eigenvalue weighted by Crippen LogP contribution is -2.30. The molecule has 3 rings (SSSR count). The first kappa shape index (κ1) is 19.5. The second kappa shape index (κ2) is 8.20. The van der Waals surface area contributed by atoms with Gasteiger partial charge in [0.25, 0.3) is 0 Å². The van der Waals surface area contributed by atoms with Crippen LogP contribution in [0.3, 0.4) is 0 Å². The van der Waals surface area contributed by atoms with Crippen LogP contribution in [0, 0.1) is 6.92 Å². The largest absolute Gasteiger partial charge is 0.481 e. The molecule has 2 N–H and O–H groups in total. The number of aromatic nitrogens is 2. The second-order valence-electron chi connectivity index (χ2n) is 6.63. The zero-order chi connectivity index (χ0) is 19.4. The van der Waals surface area contributed by atoms with Crippen LogP contribution in [0.1, 0.15) is 42.5 Å². The SMILES string of the molecule is Cc1ccccc1C(CC(=O)O)NS(=O)(=O)c1cnn(C2CCOCC2)c1. The molecule has 2 heterocycles. The number of aliphatic carboxylic acids is 1. The van der Waals surface area contributed by atoms with E-state index < -0.39 is 22.0 Å². The van der Waals surface area contributed by atoms with Gasteiger partial charge in [-0.05, 0) is 30.9 Å². The summed E-state index contributed by atoms with van der Waals surface area (Å²) in [4.78, 5) is 11.3. The van der Waals surface area contributed by atoms with Gasteiger partial charge in [0.1, 0.15) is 4.90 Å². The number of rotatable bonds is 7. The Labute approximate surface area is 158 Å². The van der Waals surface area contributed by atoms with E-state index in [9.17, 15) is 18.3 Å². The van der Waals surface area contributed by atoms with E-state index in [1.807, 2.05) is 19.1 Å². The van der Waals surface area contributed by atoms with Crippen molar-refractivity contribution in [3.63, 3.8) is 0 Å². The molecule has 1 fully saturated rings. The Kier molecular flexibility index (Phi) is 5.93. The van der Waals surface area contributed by atoms with E-state index in [0.29, 0.717) is 18.8 Å². The van der Waals surface area contributed by atoms with Crippen molar-refractivity contribution in [2.24, 2.45) is 0 Å². The van der Waals surface area contributed by atoms with E-state index in [-0.39, 0.29) is 17.4 Å². The van der Waals surface area contributed by atoms with E-state index in [1.54, 1.807) is 16.8 Å². The number of nitrogens with zero attached hydrogens (tertiary/aromatic N) is 2. The van der Waals surface area contributed by atoms with Crippen molar-refractivity contribution < 1.29 is 23.1 Å². The van der Waals surface area contributed by atoms with Gasteiger partial charge < -0.3 is 9.84 Å². The van der Waals surface area contributed by atoms with Gasteiger partial charge in [-0.15, -0.1) is 0 Å². The molecule has 8 nitrogen and oxygen atoms in total. The van der Waals surface area contributed by atoms with E-state index in [2.05, 4.69) is 9.82 Å². The van der Waals surface area contributed by atoms with Crippen LogP contribution < -0.4 is 4.72 Å². The lowest BCUT2D eigenvalue weighted by molar-refractivity contribution is -0.137.